The van der Waals surface area contributed by atoms with E-state index in [2.05, 4.69) is 0 Å². The molecule has 1 unspecified atom stereocenters. The number of phenolic OH excluding ortho intramolecular Hbond substituents is 1. The molecule has 3 N–H and O–H groups in total. The molecular formula is C28H29NO6S. The molecule has 1 aliphatic carbocycles. The summed E-state index contributed by atoms with van der Waals surface area (Å²) in [7, 11) is 3.03. The number of nitrogens with two attached hydrogens (primary N) is 1. The Labute approximate surface area is 214 Å². The Balaban J connectivity index is 1.74. The summed E-state index contributed by atoms with van der Waals surface area (Å²) in [5.41, 5.74) is 10.5. The Hall–Kier alpha value is -3.49. The predicted molar refractivity (Wildman–Crippen MR) is 140 cm³/mol. The molecule has 3 aromatic carbocycles. The molecule has 0 saturated carbocycles. The van der Waals surface area contributed by atoms with Gasteiger partial charge in [-0.2, -0.15) is 0 Å². The molecule has 36 heavy (non-hydrogen) atoms. The SMILES string of the molecule is COc1c(OC(=O)C(N)Cc2ccc(O)cc2)cc2c(c1OC)-c1ccc(SC)c(=O)cc1CCC2. The fraction of sp³-hybridized carbons (Fsp3) is 0.286. The molecule has 1 aliphatic rings. The van der Waals surface area contributed by atoms with E-state index < -0.39 is 12.0 Å². The highest BCUT2D eigenvalue weighted by Crippen LogP contribution is 2.49. The van der Waals surface area contributed by atoms with E-state index in [1.54, 1.807) is 43.5 Å². The number of hydrogen-bond donors (Lipinski definition) is 2. The van der Waals surface area contributed by atoms with Crippen molar-refractivity contribution in [1.29, 1.82) is 0 Å². The molecule has 0 aliphatic heterocycles. The lowest BCUT2D eigenvalue weighted by atomic mass is 9.96. The summed E-state index contributed by atoms with van der Waals surface area (Å²) < 4.78 is 17.2. The minimum atomic E-state index is -0.913. The summed E-state index contributed by atoms with van der Waals surface area (Å²) in [5, 5.41) is 9.47. The summed E-state index contributed by atoms with van der Waals surface area (Å²) in [6.07, 6.45) is 4.40. The maximum absolute atomic E-state index is 12.9. The number of aryl methyl sites for hydroxylation is 2. The van der Waals surface area contributed by atoms with Crippen LogP contribution in [0.3, 0.4) is 0 Å². The largest absolute Gasteiger partial charge is 0.508 e. The van der Waals surface area contributed by atoms with E-state index in [0.717, 1.165) is 40.7 Å². The van der Waals surface area contributed by atoms with Crippen LogP contribution < -0.4 is 25.4 Å². The molecule has 0 heterocycles. The van der Waals surface area contributed by atoms with Gasteiger partial charge in [0.15, 0.2) is 16.9 Å². The Kier molecular flexibility index (Phi) is 7.86. The van der Waals surface area contributed by atoms with Crippen molar-refractivity contribution >= 4 is 17.7 Å². The predicted octanol–water partition coefficient (Wildman–Crippen LogP) is 4.12. The third kappa shape index (κ3) is 5.20. The number of ether oxygens (including phenoxy) is 3. The van der Waals surface area contributed by atoms with Gasteiger partial charge in [0.2, 0.25) is 5.75 Å². The molecule has 188 valence electrons. The summed E-state index contributed by atoms with van der Waals surface area (Å²) in [5.74, 6) is 0.496. The summed E-state index contributed by atoms with van der Waals surface area (Å²) in [6.45, 7) is 0. The van der Waals surface area contributed by atoms with Gasteiger partial charge in [0.1, 0.15) is 11.8 Å². The topological polar surface area (TPSA) is 108 Å². The zero-order valence-electron chi connectivity index (χ0n) is 20.5. The van der Waals surface area contributed by atoms with E-state index in [9.17, 15) is 14.7 Å². The number of rotatable bonds is 7. The molecule has 0 bridgehead atoms. The van der Waals surface area contributed by atoms with Gasteiger partial charge >= 0.3 is 5.97 Å². The zero-order chi connectivity index (χ0) is 25.8. The average Bonchev–Trinajstić information content (AvgIpc) is 3.13. The molecule has 4 rings (SSSR count). The van der Waals surface area contributed by atoms with E-state index in [0.29, 0.717) is 17.1 Å². The van der Waals surface area contributed by atoms with Crippen LogP contribution in [0.1, 0.15) is 23.1 Å². The minimum absolute atomic E-state index is 0.00806. The number of methoxy groups -OCH3 is 2. The van der Waals surface area contributed by atoms with Gasteiger partial charge in [0, 0.05) is 5.56 Å². The molecule has 0 fully saturated rings. The molecule has 0 spiro atoms. The number of carbonyl (C=O) groups is 1. The highest BCUT2D eigenvalue weighted by atomic mass is 32.2. The highest BCUT2D eigenvalue weighted by Gasteiger charge is 2.27. The van der Waals surface area contributed by atoms with Gasteiger partial charge in [-0.15, -0.1) is 11.8 Å². The third-order valence-corrected chi connectivity index (χ3v) is 7.05. The van der Waals surface area contributed by atoms with Gasteiger partial charge in [-0.1, -0.05) is 18.2 Å². The van der Waals surface area contributed by atoms with Crippen LogP contribution >= 0.6 is 11.8 Å². The lowest BCUT2D eigenvalue weighted by Crippen LogP contribution is -2.36. The first-order valence-corrected chi connectivity index (χ1v) is 12.8. The van der Waals surface area contributed by atoms with E-state index in [-0.39, 0.29) is 29.1 Å². The third-order valence-electron chi connectivity index (χ3n) is 6.27. The highest BCUT2D eigenvalue weighted by molar-refractivity contribution is 7.98. The number of aromatic hydroxyl groups is 1. The fourth-order valence-electron chi connectivity index (χ4n) is 4.52. The second kappa shape index (κ2) is 11.1. The quantitative estimate of drug-likeness (QED) is 0.279. The standard InChI is InChI=1S/C28H29NO6S/c1-33-26-23(35-28(32)21(29)13-16-7-9-19(30)10-8-16)15-18-6-4-5-17-14-22(31)24(36-3)12-11-20(17)25(18)27(26)34-2/h7-12,14-15,21,30H,4-6,13,29H2,1-3H3. The number of phenols is 1. The number of esters is 1. The smallest absolute Gasteiger partial charge is 0.328 e. The molecule has 0 amide bonds. The van der Waals surface area contributed by atoms with Crippen molar-refractivity contribution in [3.8, 4) is 34.1 Å². The first kappa shape index (κ1) is 25.6. The maximum Gasteiger partial charge on any atom is 0.328 e. The molecule has 7 nitrogen and oxygen atoms in total. The second-order valence-electron chi connectivity index (χ2n) is 8.58. The molecule has 0 radical (unpaired) electrons. The minimum Gasteiger partial charge on any atom is -0.508 e. The van der Waals surface area contributed by atoms with Gasteiger partial charge in [-0.25, -0.2) is 4.79 Å². The normalized spacial score (nSPS) is 13.1. The Morgan fingerprint density at radius 2 is 1.72 bits per heavy atom. The summed E-state index contributed by atoms with van der Waals surface area (Å²) in [4.78, 5) is 26.2. The number of hydrogen-bond acceptors (Lipinski definition) is 8. The fourth-order valence-corrected chi connectivity index (χ4v) is 4.99. The monoisotopic (exact) mass is 507 g/mol. The Morgan fingerprint density at radius 1 is 1.03 bits per heavy atom. The lowest BCUT2D eigenvalue weighted by molar-refractivity contribution is -0.135. The van der Waals surface area contributed by atoms with Gasteiger partial charge in [0.05, 0.1) is 19.1 Å². The zero-order valence-corrected chi connectivity index (χ0v) is 21.3. The molecule has 0 saturated heterocycles. The van der Waals surface area contributed by atoms with Crippen molar-refractivity contribution in [2.24, 2.45) is 5.73 Å². The lowest BCUT2D eigenvalue weighted by Gasteiger charge is -2.20. The number of fused-ring (bicyclic) bond motifs is 3. The van der Waals surface area contributed by atoms with Crippen LogP contribution in [-0.4, -0.2) is 37.6 Å². The number of thioether (sulfide) groups is 1. The van der Waals surface area contributed by atoms with Crippen LogP contribution in [0, 0.1) is 0 Å². The van der Waals surface area contributed by atoms with Crippen LogP contribution in [0.2, 0.25) is 0 Å². The van der Waals surface area contributed by atoms with Crippen molar-refractivity contribution in [2.45, 2.75) is 36.6 Å². The number of benzene rings is 2. The second-order valence-corrected chi connectivity index (χ2v) is 9.42. The number of carbonyl (C=O) groups excluding carboxylic acids is 1. The van der Waals surface area contributed by atoms with Gasteiger partial charge < -0.3 is 25.1 Å². The van der Waals surface area contributed by atoms with Crippen molar-refractivity contribution in [3.63, 3.8) is 0 Å². The molecule has 3 aromatic rings. The van der Waals surface area contributed by atoms with Crippen LogP contribution in [0.25, 0.3) is 11.1 Å². The average molecular weight is 508 g/mol. The Bertz CT molecular complexity index is 1340. The van der Waals surface area contributed by atoms with E-state index in [4.69, 9.17) is 19.9 Å². The van der Waals surface area contributed by atoms with E-state index in [1.165, 1.54) is 18.9 Å². The maximum atomic E-state index is 12.9. The van der Waals surface area contributed by atoms with E-state index in [1.807, 2.05) is 18.4 Å². The first-order chi connectivity index (χ1) is 17.4. The van der Waals surface area contributed by atoms with Crippen LogP contribution in [-0.2, 0) is 24.1 Å². The molecule has 8 heteroatoms. The van der Waals surface area contributed by atoms with Crippen molar-refractivity contribution in [2.75, 3.05) is 20.5 Å². The molecular weight excluding hydrogens is 478 g/mol. The molecule has 0 aromatic heterocycles. The Morgan fingerprint density at radius 3 is 2.39 bits per heavy atom. The summed E-state index contributed by atoms with van der Waals surface area (Å²) >= 11 is 1.41. The summed E-state index contributed by atoms with van der Waals surface area (Å²) in [6, 6.07) is 12.9. The first-order valence-electron chi connectivity index (χ1n) is 11.6. The molecule has 1 atom stereocenters. The van der Waals surface area contributed by atoms with Crippen LogP contribution in [0.4, 0.5) is 0 Å². The van der Waals surface area contributed by atoms with Gasteiger partial charge in [0.25, 0.3) is 0 Å². The van der Waals surface area contributed by atoms with Gasteiger partial charge in [-0.3, -0.25) is 4.79 Å². The van der Waals surface area contributed by atoms with Crippen molar-refractivity contribution < 1.29 is 24.1 Å². The van der Waals surface area contributed by atoms with E-state index >= 15 is 0 Å². The van der Waals surface area contributed by atoms with Crippen LogP contribution in [0.15, 0.2) is 58.2 Å². The van der Waals surface area contributed by atoms with Crippen LogP contribution in [0.5, 0.6) is 23.0 Å². The van der Waals surface area contributed by atoms with Crippen molar-refractivity contribution in [1.82, 2.24) is 0 Å². The van der Waals surface area contributed by atoms with Gasteiger partial charge in [-0.05, 0) is 84.5 Å². The van der Waals surface area contributed by atoms with Crippen molar-refractivity contribution in [3.05, 3.63) is 75.4 Å².